The van der Waals surface area contributed by atoms with E-state index in [9.17, 15) is 36.4 Å². The SMILES string of the molecule is C=C[C@@H]1CC1(NC(=O)[C@@H]1C[C@@H](Oc2cc(-c3nc(C(C)C)cs3)nc3cc(OC)ccc23)CN1C(=O)C(CC(=O)N1CCCC(F)(F)C1)C(C)(C)C)C(=O)NS(=O)(=O)C1CC1. The number of fused-ring (bicyclic) bond motifs is 1. The Morgan fingerprint density at radius 1 is 1.13 bits per heavy atom. The van der Waals surface area contributed by atoms with E-state index in [4.69, 9.17) is 19.4 Å². The van der Waals surface area contributed by atoms with E-state index in [1.54, 1.807) is 52.1 Å². The minimum Gasteiger partial charge on any atom is -0.497 e. The van der Waals surface area contributed by atoms with Crippen molar-refractivity contribution >= 4 is 55.9 Å². The van der Waals surface area contributed by atoms with Crippen molar-refractivity contribution in [3.05, 3.63) is 48.0 Å². The molecule has 1 aromatic carbocycles. The molecule has 7 rings (SSSR count). The van der Waals surface area contributed by atoms with Gasteiger partial charge in [0.25, 0.3) is 11.8 Å². The summed E-state index contributed by atoms with van der Waals surface area (Å²) in [4.78, 5) is 68.9. The van der Waals surface area contributed by atoms with Crippen molar-refractivity contribution in [3.8, 4) is 22.2 Å². The maximum Gasteiger partial charge on any atom is 0.265 e. The van der Waals surface area contributed by atoms with Crippen molar-refractivity contribution < 1.29 is 45.9 Å². The quantitative estimate of drug-likeness (QED) is 0.188. The summed E-state index contributed by atoms with van der Waals surface area (Å²) in [7, 11) is -2.41. The number of hydrogen-bond donors (Lipinski definition) is 2. The number of amides is 4. The molecule has 4 fully saturated rings. The van der Waals surface area contributed by atoms with Crippen molar-refractivity contribution in [1.82, 2.24) is 29.8 Å². The molecule has 2 N–H and O–H groups in total. The minimum atomic E-state index is -3.96. The van der Waals surface area contributed by atoms with Gasteiger partial charge in [-0.3, -0.25) is 23.9 Å². The first-order chi connectivity index (χ1) is 28.6. The lowest BCUT2D eigenvalue weighted by molar-refractivity contribution is -0.151. The monoisotopic (exact) mass is 884 g/mol. The summed E-state index contributed by atoms with van der Waals surface area (Å²) in [5.74, 6) is -6.24. The van der Waals surface area contributed by atoms with Crippen LogP contribution in [-0.4, -0.2) is 107 Å². The zero-order valence-electron chi connectivity index (χ0n) is 35.3. The van der Waals surface area contributed by atoms with Crippen molar-refractivity contribution in [2.24, 2.45) is 17.3 Å². The Kier molecular flexibility index (Phi) is 12.0. The number of carbonyl (C=O) groups is 4. The molecule has 61 heavy (non-hydrogen) atoms. The summed E-state index contributed by atoms with van der Waals surface area (Å²) < 4.78 is 68.9. The molecule has 2 aliphatic carbocycles. The second kappa shape index (κ2) is 16.5. The molecular formula is C43H54F2N6O8S2. The molecule has 2 unspecified atom stereocenters. The van der Waals surface area contributed by atoms with E-state index in [0.717, 1.165) is 10.6 Å². The maximum absolute atomic E-state index is 14.9. The number of piperidine rings is 1. The summed E-state index contributed by atoms with van der Waals surface area (Å²) in [5, 5.41) is 5.38. The number of thiazole rings is 1. The fourth-order valence-corrected chi connectivity index (χ4v) is 10.5. The molecule has 330 valence electrons. The minimum absolute atomic E-state index is 0.0401. The molecule has 2 aromatic heterocycles. The molecule has 4 aliphatic rings. The summed E-state index contributed by atoms with van der Waals surface area (Å²) in [6.07, 6.45) is 1.02. The van der Waals surface area contributed by atoms with Gasteiger partial charge in [0.1, 0.15) is 39.9 Å². The van der Waals surface area contributed by atoms with Crippen LogP contribution in [0.15, 0.2) is 42.3 Å². The number of alkyl halides is 2. The van der Waals surface area contributed by atoms with Crippen LogP contribution >= 0.6 is 11.3 Å². The summed E-state index contributed by atoms with van der Waals surface area (Å²) >= 11 is 1.44. The Morgan fingerprint density at radius 3 is 2.48 bits per heavy atom. The van der Waals surface area contributed by atoms with Gasteiger partial charge in [-0.25, -0.2) is 27.2 Å². The number of methoxy groups -OCH3 is 1. The van der Waals surface area contributed by atoms with Gasteiger partial charge in [-0.1, -0.05) is 40.7 Å². The number of hydrogen-bond acceptors (Lipinski definition) is 11. The lowest BCUT2D eigenvalue weighted by Gasteiger charge is -2.37. The van der Waals surface area contributed by atoms with Crippen LogP contribution in [0.1, 0.15) is 91.2 Å². The smallest absolute Gasteiger partial charge is 0.265 e. The predicted octanol–water partition coefficient (Wildman–Crippen LogP) is 5.82. The highest BCUT2D eigenvalue weighted by Gasteiger charge is 2.62. The third kappa shape index (κ3) is 9.39. The molecule has 5 atom stereocenters. The summed E-state index contributed by atoms with van der Waals surface area (Å²) in [5.41, 5.74) is -0.473. The van der Waals surface area contributed by atoms with Crippen molar-refractivity contribution in [3.63, 3.8) is 0 Å². The number of halogens is 2. The van der Waals surface area contributed by atoms with Crippen LogP contribution in [0.5, 0.6) is 11.5 Å². The van der Waals surface area contributed by atoms with Crippen LogP contribution in [0.4, 0.5) is 8.78 Å². The first kappa shape index (κ1) is 44.3. The lowest BCUT2D eigenvalue weighted by atomic mass is 9.77. The number of aromatic nitrogens is 2. The maximum atomic E-state index is 14.9. The van der Waals surface area contributed by atoms with Crippen molar-refractivity contribution in [1.29, 1.82) is 0 Å². The molecule has 2 saturated heterocycles. The van der Waals surface area contributed by atoms with E-state index in [2.05, 4.69) is 16.6 Å². The number of carbonyl (C=O) groups excluding carboxylic acids is 4. The standard InChI is InChI=1S/C43H54F2N6O8S2/c1-8-25-20-43(25,40(55)49-61(56,57)28-11-12-28)48-37(53)34-17-27(21-51(34)39(54)30(41(4,5)6)18-36(52)50-15-9-14-42(44,45)23-50)59-35-19-32(38-47-33(22-60-38)24(2)3)46-31-16-26(58-7)10-13-29(31)35/h8,10,13,16,19,22,24-25,27-28,30,34H,1,9,11-12,14-15,17-18,20-21,23H2,2-7H3,(H,48,53)(H,49,55)/t25-,27-,30?,34+,43?/m1/s1. The Bertz CT molecular complexity index is 2340. The number of benzene rings is 1. The van der Waals surface area contributed by atoms with E-state index in [-0.39, 0.29) is 51.1 Å². The Labute approximate surface area is 358 Å². The Balaban J connectivity index is 1.22. The van der Waals surface area contributed by atoms with Crippen LogP contribution in [-0.2, 0) is 29.2 Å². The van der Waals surface area contributed by atoms with Crippen molar-refractivity contribution in [2.75, 3.05) is 26.7 Å². The molecule has 4 heterocycles. The molecule has 4 amide bonds. The number of nitrogens with one attached hydrogen (secondary N) is 2. The highest BCUT2D eigenvalue weighted by Crippen LogP contribution is 2.46. The molecule has 0 radical (unpaired) electrons. The van der Waals surface area contributed by atoms with Gasteiger partial charge >= 0.3 is 0 Å². The highest BCUT2D eigenvalue weighted by atomic mass is 32.2. The number of nitrogens with zero attached hydrogens (tertiary/aromatic N) is 4. The zero-order valence-corrected chi connectivity index (χ0v) is 37.0. The number of likely N-dealkylation sites (tertiary alicyclic amines) is 2. The average molecular weight is 885 g/mol. The van der Waals surface area contributed by atoms with Crippen molar-refractivity contribution in [2.45, 2.75) is 114 Å². The van der Waals surface area contributed by atoms with Crippen LogP contribution in [0.25, 0.3) is 21.6 Å². The van der Waals surface area contributed by atoms with Gasteiger partial charge in [0.2, 0.25) is 27.7 Å². The van der Waals surface area contributed by atoms with Gasteiger partial charge in [-0.15, -0.1) is 17.9 Å². The van der Waals surface area contributed by atoms with E-state index in [0.29, 0.717) is 45.9 Å². The third-order valence-corrected chi connectivity index (χ3v) is 14.9. The van der Waals surface area contributed by atoms with Gasteiger partial charge in [0.05, 0.1) is 42.6 Å². The fourth-order valence-electron chi connectivity index (χ4n) is 8.20. The molecule has 14 nitrogen and oxygen atoms in total. The highest BCUT2D eigenvalue weighted by molar-refractivity contribution is 7.91. The van der Waals surface area contributed by atoms with E-state index < -0.39 is 86.3 Å². The molecular weight excluding hydrogens is 831 g/mol. The number of rotatable bonds is 14. The van der Waals surface area contributed by atoms with E-state index in [1.165, 1.54) is 22.3 Å². The number of sulfonamides is 1. The molecule has 2 saturated carbocycles. The largest absolute Gasteiger partial charge is 0.497 e. The van der Waals surface area contributed by atoms with Gasteiger partial charge in [0.15, 0.2) is 0 Å². The van der Waals surface area contributed by atoms with Gasteiger partial charge in [-0.05, 0) is 49.1 Å². The Morgan fingerprint density at radius 2 is 1.87 bits per heavy atom. The first-order valence-corrected chi connectivity index (χ1v) is 23.1. The van der Waals surface area contributed by atoms with Crippen LogP contribution in [0, 0.1) is 17.3 Å². The van der Waals surface area contributed by atoms with Gasteiger partial charge in [-0.2, -0.15) is 0 Å². The fraction of sp³-hybridized carbons (Fsp3) is 0.581. The van der Waals surface area contributed by atoms with Crippen LogP contribution in [0.3, 0.4) is 0 Å². The van der Waals surface area contributed by atoms with E-state index >= 15 is 0 Å². The van der Waals surface area contributed by atoms with Gasteiger partial charge < -0.3 is 24.6 Å². The lowest BCUT2D eigenvalue weighted by Crippen LogP contribution is -2.57. The summed E-state index contributed by atoms with van der Waals surface area (Å²) in [6, 6.07) is 5.87. The van der Waals surface area contributed by atoms with E-state index in [1.807, 2.05) is 19.2 Å². The van der Waals surface area contributed by atoms with Gasteiger partial charge in [0, 0.05) is 54.6 Å². The topological polar surface area (TPSA) is 177 Å². The first-order valence-electron chi connectivity index (χ1n) is 20.7. The van der Waals surface area contributed by atoms with Crippen LogP contribution in [0.2, 0.25) is 0 Å². The average Bonchev–Trinajstić information content (AvgIpc) is 4.08. The molecule has 0 bridgehead atoms. The number of pyridine rings is 1. The third-order valence-electron chi connectivity index (χ3n) is 12.2. The zero-order chi connectivity index (χ0) is 44.2. The number of ether oxygens (including phenoxy) is 2. The second-order valence-corrected chi connectivity index (χ2v) is 21.0. The molecule has 2 aliphatic heterocycles. The molecule has 3 aromatic rings. The summed E-state index contributed by atoms with van der Waals surface area (Å²) in [6.45, 7) is 12.5. The van der Waals surface area contributed by atoms with Crippen LogP contribution < -0.4 is 19.5 Å². The molecule has 0 spiro atoms. The Hall–Kier alpha value is -4.71. The normalized spacial score (nSPS) is 24.3. The predicted molar refractivity (Wildman–Crippen MR) is 226 cm³/mol. The molecule has 18 heteroatoms. The second-order valence-electron chi connectivity index (χ2n) is 18.2.